The van der Waals surface area contributed by atoms with Crippen LogP contribution in [0.15, 0.2) is 10.6 Å². The summed E-state index contributed by atoms with van der Waals surface area (Å²) in [4.78, 5) is 10.2. The van der Waals surface area contributed by atoms with Gasteiger partial charge in [0.05, 0.1) is 24.0 Å². The molecular weight excluding hydrogens is 270 g/mol. The van der Waals surface area contributed by atoms with Gasteiger partial charge in [-0.15, -0.1) is 11.3 Å². The zero-order chi connectivity index (χ0) is 14.9. The van der Waals surface area contributed by atoms with Crippen LogP contribution in [0.3, 0.4) is 0 Å². The summed E-state index contributed by atoms with van der Waals surface area (Å²) in [5.74, 6) is 2.03. The Bertz CT molecular complexity index is 564. The van der Waals surface area contributed by atoms with E-state index in [1.807, 2.05) is 6.20 Å². The number of thiazole rings is 1. The van der Waals surface area contributed by atoms with Gasteiger partial charge in [-0.3, -0.25) is 5.32 Å². The third-order valence-corrected chi connectivity index (χ3v) is 4.78. The van der Waals surface area contributed by atoms with Crippen LogP contribution in [0.1, 0.15) is 60.8 Å². The normalized spacial score (nSPS) is 12.3. The van der Waals surface area contributed by atoms with Crippen LogP contribution >= 0.6 is 11.3 Å². The maximum atomic E-state index is 5.71. The average Bonchev–Trinajstić information content (AvgIpc) is 2.95. The SMILES string of the molecule is Cc1nc(C(C)(C)NCc2ncc(C(C)C)o2)sc1C. The molecule has 0 aliphatic heterocycles. The molecule has 0 aliphatic rings. The highest BCUT2D eigenvalue weighted by Gasteiger charge is 2.25. The topological polar surface area (TPSA) is 51.0 Å². The molecule has 0 saturated carbocycles. The summed E-state index contributed by atoms with van der Waals surface area (Å²) >= 11 is 1.74. The number of hydrogen-bond acceptors (Lipinski definition) is 5. The predicted molar refractivity (Wildman–Crippen MR) is 82.0 cm³/mol. The molecule has 0 radical (unpaired) electrons. The lowest BCUT2D eigenvalue weighted by atomic mass is 10.1. The second-order valence-corrected chi connectivity index (χ2v) is 7.15. The first-order chi connectivity index (χ1) is 9.29. The number of aryl methyl sites for hydroxylation is 2. The van der Waals surface area contributed by atoms with Gasteiger partial charge in [0.15, 0.2) is 0 Å². The van der Waals surface area contributed by atoms with Crippen molar-refractivity contribution in [1.29, 1.82) is 0 Å². The number of hydrogen-bond donors (Lipinski definition) is 1. The van der Waals surface area contributed by atoms with Crippen LogP contribution in [-0.2, 0) is 12.1 Å². The summed E-state index contributed by atoms with van der Waals surface area (Å²) < 4.78 is 5.71. The maximum absolute atomic E-state index is 5.71. The Labute approximate surface area is 124 Å². The molecule has 2 aromatic rings. The summed E-state index contributed by atoms with van der Waals surface area (Å²) in [6.45, 7) is 13.2. The van der Waals surface area contributed by atoms with Gasteiger partial charge < -0.3 is 4.42 Å². The molecule has 2 rings (SSSR count). The minimum Gasteiger partial charge on any atom is -0.444 e. The van der Waals surface area contributed by atoms with Gasteiger partial charge in [-0.25, -0.2) is 9.97 Å². The molecule has 0 aliphatic carbocycles. The van der Waals surface area contributed by atoms with E-state index in [9.17, 15) is 0 Å². The molecule has 110 valence electrons. The van der Waals surface area contributed by atoms with Crippen LogP contribution in [0.4, 0.5) is 0 Å². The molecule has 0 aromatic carbocycles. The standard InChI is InChI=1S/C15H23N3OS/c1-9(2)12-7-16-13(19-12)8-17-15(5,6)14-18-10(3)11(4)20-14/h7,9,17H,8H2,1-6H3. The molecule has 5 heteroatoms. The van der Waals surface area contributed by atoms with E-state index in [0.717, 1.165) is 22.4 Å². The molecule has 2 aromatic heterocycles. The van der Waals surface area contributed by atoms with Crippen molar-refractivity contribution < 1.29 is 4.42 Å². The predicted octanol–water partition coefficient (Wildman–Crippen LogP) is 3.90. The highest BCUT2D eigenvalue weighted by molar-refractivity contribution is 7.11. The van der Waals surface area contributed by atoms with Gasteiger partial charge in [0.25, 0.3) is 0 Å². The van der Waals surface area contributed by atoms with Crippen LogP contribution < -0.4 is 5.32 Å². The van der Waals surface area contributed by atoms with Gasteiger partial charge in [-0.1, -0.05) is 13.8 Å². The molecule has 0 saturated heterocycles. The van der Waals surface area contributed by atoms with E-state index in [-0.39, 0.29) is 5.54 Å². The molecule has 0 bridgehead atoms. The fraction of sp³-hybridized carbons (Fsp3) is 0.600. The smallest absolute Gasteiger partial charge is 0.208 e. The maximum Gasteiger partial charge on any atom is 0.208 e. The van der Waals surface area contributed by atoms with Crippen molar-refractivity contribution in [3.05, 3.63) is 33.4 Å². The lowest BCUT2D eigenvalue weighted by Crippen LogP contribution is -2.36. The second-order valence-electron chi connectivity index (χ2n) is 5.95. The molecule has 4 nitrogen and oxygen atoms in total. The first-order valence-corrected chi connectivity index (χ1v) is 7.75. The van der Waals surface area contributed by atoms with Crippen molar-refractivity contribution in [3.63, 3.8) is 0 Å². The summed E-state index contributed by atoms with van der Waals surface area (Å²) in [6.07, 6.45) is 1.81. The summed E-state index contributed by atoms with van der Waals surface area (Å²) in [5.41, 5.74) is 0.925. The van der Waals surface area contributed by atoms with E-state index in [1.165, 1.54) is 4.88 Å². The van der Waals surface area contributed by atoms with Gasteiger partial charge in [-0.05, 0) is 27.7 Å². The number of oxazole rings is 1. The number of nitrogens with zero attached hydrogens (tertiary/aromatic N) is 2. The van der Waals surface area contributed by atoms with Crippen molar-refractivity contribution in [1.82, 2.24) is 15.3 Å². The number of nitrogens with one attached hydrogen (secondary N) is 1. The molecular formula is C15H23N3OS. The summed E-state index contributed by atoms with van der Waals surface area (Å²) in [5, 5.41) is 4.58. The van der Waals surface area contributed by atoms with E-state index in [0.29, 0.717) is 12.5 Å². The van der Waals surface area contributed by atoms with Gasteiger partial charge in [0.1, 0.15) is 10.8 Å². The van der Waals surface area contributed by atoms with Gasteiger partial charge in [0.2, 0.25) is 5.89 Å². The molecule has 1 N–H and O–H groups in total. The van der Waals surface area contributed by atoms with Crippen molar-refractivity contribution in [3.8, 4) is 0 Å². The van der Waals surface area contributed by atoms with Crippen molar-refractivity contribution in [2.24, 2.45) is 0 Å². The fourth-order valence-corrected chi connectivity index (χ4v) is 2.78. The summed E-state index contributed by atoms with van der Waals surface area (Å²) in [6, 6.07) is 0. The van der Waals surface area contributed by atoms with Crippen molar-refractivity contribution >= 4 is 11.3 Å². The zero-order valence-corrected chi connectivity index (χ0v) is 13.9. The molecule has 0 unspecified atom stereocenters. The zero-order valence-electron chi connectivity index (χ0n) is 13.1. The van der Waals surface area contributed by atoms with E-state index < -0.39 is 0 Å². The minimum absolute atomic E-state index is 0.184. The van der Waals surface area contributed by atoms with Gasteiger partial charge >= 0.3 is 0 Å². The Morgan fingerprint density at radius 3 is 2.55 bits per heavy atom. The summed E-state index contributed by atoms with van der Waals surface area (Å²) in [7, 11) is 0. The van der Waals surface area contributed by atoms with E-state index in [2.05, 4.69) is 56.8 Å². The molecule has 0 amide bonds. The largest absolute Gasteiger partial charge is 0.444 e. The van der Waals surface area contributed by atoms with Crippen LogP contribution in [-0.4, -0.2) is 9.97 Å². The van der Waals surface area contributed by atoms with E-state index in [1.54, 1.807) is 11.3 Å². The van der Waals surface area contributed by atoms with Crippen LogP contribution in [0.2, 0.25) is 0 Å². The second kappa shape index (κ2) is 5.66. The number of rotatable bonds is 5. The molecule has 0 atom stereocenters. The molecule has 20 heavy (non-hydrogen) atoms. The van der Waals surface area contributed by atoms with Gasteiger partial charge in [0, 0.05) is 10.8 Å². The van der Waals surface area contributed by atoms with Crippen LogP contribution in [0.25, 0.3) is 0 Å². The third-order valence-electron chi connectivity index (χ3n) is 3.39. The highest BCUT2D eigenvalue weighted by Crippen LogP contribution is 2.27. The molecule has 0 spiro atoms. The van der Waals surface area contributed by atoms with Gasteiger partial charge in [-0.2, -0.15) is 0 Å². The quantitative estimate of drug-likeness (QED) is 0.908. The minimum atomic E-state index is -0.184. The van der Waals surface area contributed by atoms with E-state index in [4.69, 9.17) is 4.42 Å². The Balaban J connectivity index is 2.04. The third kappa shape index (κ3) is 3.27. The highest BCUT2D eigenvalue weighted by atomic mass is 32.1. The Kier molecular flexibility index (Phi) is 4.30. The Morgan fingerprint density at radius 1 is 1.35 bits per heavy atom. The molecule has 0 fully saturated rings. The first-order valence-electron chi connectivity index (χ1n) is 6.93. The van der Waals surface area contributed by atoms with Crippen LogP contribution in [0, 0.1) is 13.8 Å². The van der Waals surface area contributed by atoms with Crippen LogP contribution in [0.5, 0.6) is 0 Å². The lowest BCUT2D eigenvalue weighted by molar-refractivity contribution is 0.352. The van der Waals surface area contributed by atoms with Crippen molar-refractivity contribution in [2.75, 3.05) is 0 Å². The van der Waals surface area contributed by atoms with E-state index >= 15 is 0 Å². The Hall–Kier alpha value is -1.20. The Morgan fingerprint density at radius 2 is 2.05 bits per heavy atom. The molecule has 2 heterocycles. The monoisotopic (exact) mass is 293 g/mol. The lowest BCUT2D eigenvalue weighted by Gasteiger charge is -2.23. The number of aromatic nitrogens is 2. The first kappa shape index (κ1) is 15.2. The fourth-order valence-electron chi connectivity index (χ4n) is 1.79. The average molecular weight is 293 g/mol. The van der Waals surface area contributed by atoms with Crippen molar-refractivity contribution in [2.45, 2.75) is 59.5 Å².